The molecule has 0 unspecified atom stereocenters. The Hall–Kier alpha value is -3.51. The zero-order valence-corrected chi connectivity index (χ0v) is 20.7. The Labute approximate surface area is 221 Å². The molecule has 1 atom stereocenters. The lowest BCUT2D eigenvalue weighted by molar-refractivity contribution is -0.200. The number of benzene rings is 2. The van der Waals surface area contributed by atoms with Gasteiger partial charge in [-0.1, -0.05) is 22.9 Å². The molecule has 2 heterocycles. The molecule has 9 nitrogen and oxygen atoms in total. The summed E-state index contributed by atoms with van der Waals surface area (Å²) in [5.41, 5.74) is 6.69. The Morgan fingerprint density at radius 2 is 1.95 bits per heavy atom. The highest BCUT2D eigenvalue weighted by atomic mass is 35.5. The molecule has 0 aliphatic carbocycles. The molecule has 0 bridgehead atoms. The molecule has 2 aromatic carbocycles. The van der Waals surface area contributed by atoms with Gasteiger partial charge in [-0.2, -0.15) is 18.4 Å². The van der Waals surface area contributed by atoms with Crippen molar-refractivity contribution in [3.63, 3.8) is 0 Å². The van der Waals surface area contributed by atoms with Crippen LogP contribution in [0.15, 0.2) is 30.3 Å². The van der Waals surface area contributed by atoms with Crippen LogP contribution in [0.5, 0.6) is 11.5 Å². The summed E-state index contributed by atoms with van der Waals surface area (Å²) >= 11 is 7.40. The fraction of sp³-hybridized carbons (Fsp3) is 0.304. The van der Waals surface area contributed by atoms with Crippen LogP contribution in [0.25, 0.3) is 21.1 Å². The van der Waals surface area contributed by atoms with E-state index in [2.05, 4.69) is 21.0 Å². The zero-order valence-electron chi connectivity index (χ0n) is 19.1. The molecule has 1 fully saturated rings. The summed E-state index contributed by atoms with van der Waals surface area (Å²) in [6, 6.07) is 8.13. The first-order valence-corrected chi connectivity index (χ1v) is 12.0. The van der Waals surface area contributed by atoms with E-state index in [0.29, 0.717) is 35.1 Å². The zero-order chi connectivity index (χ0) is 27.4. The minimum atomic E-state index is -5.15. The Kier molecular flexibility index (Phi) is 8.32. The number of nitriles is 1. The van der Waals surface area contributed by atoms with Crippen LogP contribution in [-0.2, 0) is 14.3 Å². The molecule has 38 heavy (non-hydrogen) atoms. The maximum Gasteiger partial charge on any atom is 0.490 e. The predicted molar refractivity (Wildman–Crippen MR) is 126 cm³/mol. The minimum Gasteiger partial charge on any atom is -0.489 e. The average Bonchev–Trinajstić information content (AvgIpc) is 3.34. The van der Waals surface area contributed by atoms with Crippen LogP contribution in [0.2, 0.25) is 5.02 Å². The first-order chi connectivity index (χ1) is 18.0. The second-order valence-electron chi connectivity index (χ2n) is 7.94. The summed E-state index contributed by atoms with van der Waals surface area (Å²) in [6.07, 6.45) is -5.25. The standard InChI is InChI=1S/C23H17ClF4N4O5S/c24-16-5-19(35-7-13(30)8-36-22(33)23(26,27)28)17(25)4-15(16)21-32-31-20(38-21)11-1-2-18(12(3-11)6-29)37-14-9-34-10-14/h1-5,13-14H,7-10,30H2/t13-/m1/s1. The first kappa shape index (κ1) is 27.5. The van der Waals surface area contributed by atoms with Gasteiger partial charge in [0, 0.05) is 17.2 Å². The maximum absolute atomic E-state index is 14.7. The number of ether oxygens (including phenoxy) is 4. The van der Waals surface area contributed by atoms with Gasteiger partial charge in [-0.05, 0) is 24.3 Å². The van der Waals surface area contributed by atoms with E-state index in [9.17, 15) is 27.6 Å². The van der Waals surface area contributed by atoms with Gasteiger partial charge < -0.3 is 24.7 Å². The summed E-state index contributed by atoms with van der Waals surface area (Å²) in [7, 11) is 0. The Morgan fingerprint density at radius 1 is 1.21 bits per heavy atom. The third-order valence-corrected chi connectivity index (χ3v) is 6.36. The molecule has 200 valence electrons. The quantitative estimate of drug-likeness (QED) is 0.297. The topological polar surface area (TPSA) is 130 Å². The van der Waals surface area contributed by atoms with E-state index < -0.39 is 37.2 Å². The highest BCUT2D eigenvalue weighted by Crippen LogP contribution is 2.38. The molecule has 0 saturated carbocycles. The third-order valence-electron chi connectivity index (χ3n) is 5.04. The molecule has 1 saturated heterocycles. The van der Waals surface area contributed by atoms with E-state index in [1.807, 2.05) is 0 Å². The monoisotopic (exact) mass is 572 g/mol. The molecule has 0 radical (unpaired) electrons. The lowest BCUT2D eigenvalue weighted by Crippen LogP contribution is -2.38. The number of esters is 1. The van der Waals surface area contributed by atoms with Crippen molar-refractivity contribution in [2.24, 2.45) is 5.73 Å². The van der Waals surface area contributed by atoms with Crippen molar-refractivity contribution in [2.45, 2.75) is 18.3 Å². The van der Waals surface area contributed by atoms with Gasteiger partial charge in [0.1, 0.15) is 41.2 Å². The van der Waals surface area contributed by atoms with Crippen molar-refractivity contribution < 1.29 is 41.3 Å². The van der Waals surface area contributed by atoms with Gasteiger partial charge in [0.2, 0.25) is 0 Å². The van der Waals surface area contributed by atoms with Crippen LogP contribution >= 0.6 is 22.9 Å². The van der Waals surface area contributed by atoms with E-state index in [1.165, 1.54) is 0 Å². The number of rotatable bonds is 9. The van der Waals surface area contributed by atoms with Crippen LogP contribution in [0.4, 0.5) is 17.6 Å². The molecule has 15 heteroatoms. The number of aromatic nitrogens is 2. The predicted octanol–water partition coefficient (Wildman–Crippen LogP) is 4.13. The maximum atomic E-state index is 14.7. The van der Waals surface area contributed by atoms with Gasteiger partial charge >= 0.3 is 12.1 Å². The number of hydrogen-bond donors (Lipinski definition) is 1. The van der Waals surface area contributed by atoms with E-state index in [0.717, 1.165) is 23.5 Å². The summed E-state index contributed by atoms with van der Waals surface area (Å²) < 4.78 is 71.3. The number of alkyl halides is 3. The minimum absolute atomic E-state index is 0.0605. The normalized spacial score (nSPS) is 14.3. The lowest BCUT2D eigenvalue weighted by Gasteiger charge is -2.27. The smallest absolute Gasteiger partial charge is 0.489 e. The number of hydrogen-bond acceptors (Lipinski definition) is 10. The van der Waals surface area contributed by atoms with E-state index in [-0.39, 0.29) is 27.4 Å². The largest absolute Gasteiger partial charge is 0.490 e. The van der Waals surface area contributed by atoms with E-state index in [1.54, 1.807) is 18.2 Å². The molecular formula is C23H17ClF4N4O5S. The fourth-order valence-electron chi connectivity index (χ4n) is 3.08. The molecule has 1 aliphatic rings. The Bertz CT molecular complexity index is 1380. The summed E-state index contributed by atoms with van der Waals surface area (Å²) in [5.74, 6) is -3.12. The number of carbonyl (C=O) groups is 1. The SMILES string of the molecule is N#Cc1cc(-c2nnc(-c3cc(F)c(OC[C@@H](N)COC(=O)C(F)(F)F)cc3Cl)s2)ccc1OC1COC1. The van der Waals surface area contributed by atoms with Crippen LogP contribution < -0.4 is 15.2 Å². The lowest BCUT2D eigenvalue weighted by atomic mass is 10.1. The summed E-state index contributed by atoms with van der Waals surface area (Å²) in [6.45, 7) is -0.320. The van der Waals surface area contributed by atoms with Gasteiger partial charge in [0.25, 0.3) is 0 Å². The highest BCUT2D eigenvalue weighted by molar-refractivity contribution is 7.18. The molecule has 0 spiro atoms. The molecule has 0 amide bonds. The number of carbonyl (C=O) groups excluding carboxylic acids is 1. The van der Waals surface area contributed by atoms with Crippen molar-refractivity contribution >= 4 is 28.9 Å². The second kappa shape index (κ2) is 11.5. The number of halogens is 5. The Balaban J connectivity index is 1.43. The summed E-state index contributed by atoms with van der Waals surface area (Å²) in [4.78, 5) is 10.8. The van der Waals surface area contributed by atoms with Gasteiger partial charge in [0.15, 0.2) is 11.6 Å². The first-order valence-electron chi connectivity index (χ1n) is 10.8. The second-order valence-corrected chi connectivity index (χ2v) is 9.33. The van der Waals surface area contributed by atoms with Crippen molar-refractivity contribution in [1.82, 2.24) is 10.2 Å². The van der Waals surface area contributed by atoms with Crippen molar-refractivity contribution in [3.05, 3.63) is 46.7 Å². The average molecular weight is 573 g/mol. The molecule has 4 rings (SSSR count). The fourth-order valence-corrected chi connectivity index (χ4v) is 4.25. The van der Waals surface area contributed by atoms with Gasteiger partial charge in [-0.15, -0.1) is 10.2 Å². The molecule has 2 N–H and O–H groups in total. The van der Waals surface area contributed by atoms with Crippen molar-refractivity contribution in [3.8, 4) is 38.7 Å². The van der Waals surface area contributed by atoms with Crippen LogP contribution in [0.3, 0.4) is 0 Å². The third kappa shape index (κ3) is 6.48. The molecule has 1 aliphatic heterocycles. The van der Waals surface area contributed by atoms with Crippen LogP contribution in [0, 0.1) is 17.1 Å². The van der Waals surface area contributed by atoms with Gasteiger partial charge in [-0.25, -0.2) is 9.18 Å². The van der Waals surface area contributed by atoms with E-state index >= 15 is 0 Å². The van der Waals surface area contributed by atoms with Crippen molar-refractivity contribution in [2.75, 3.05) is 26.4 Å². The van der Waals surface area contributed by atoms with Gasteiger partial charge in [-0.3, -0.25) is 0 Å². The number of nitrogens with two attached hydrogens (primary N) is 1. The van der Waals surface area contributed by atoms with Crippen LogP contribution in [0.1, 0.15) is 5.56 Å². The van der Waals surface area contributed by atoms with Crippen LogP contribution in [-0.4, -0.2) is 60.9 Å². The van der Waals surface area contributed by atoms with E-state index in [4.69, 9.17) is 31.5 Å². The Morgan fingerprint density at radius 3 is 2.61 bits per heavy atom. The molecule has 1 aromatic heterocycles. The summed E-state index contributed by atoms with van der Waals surface area (Å²) in [5, 5.41) is 18.5. The van der Waals surface area contributed by atoms with Gasteiger partial charge in [0.05, 0.1) is 29.8 Å². The number of nitrogens with zero attached hydrogens (tertiary/aromatic N) is 3. The molecule has 3 aromatic rings. The molecular weight excluding hydrogens is 556 g/mol. The van der Waals surface area contributed by atoms with Crippen molar-refractivity contribution in [1.29, 1.82) is 5.26 Å². The highest BCUT2D eigenvalue weighted by Gasteiger charge is 2.41.